The highest BCUT2D eigenvalue weighted by molar-refractivity contribution is 6.33. The van der Waals surface area contributed by atoms with Crippen molar-refractivity contribution in [1.29, 1.82) is 0 Å². The Bertz CT molecular complexity index is 800. The van der Waals surface area contributed by atoms with E-state index < -0.39 is 0 Å². The van der Waals surface area contributed by atoms with Crippen molar-refractivity contribution < 1.29 is 4.74 Å². The highest BCUT2D eigenvalue weighted by atomic mass is 35.5. The molecule has 1 aromatic heterocycles. The molecule has 0 unspecified atom stereocenters. The van der Waals surface area contributed by atoms with Crippen LogP contribution in [0, 0.1) is 0 Å². The van der Waals surface area contributed by atoms with Crippen LogP contribution < -0.4 is 10.5 Å². The van der Waals surface area contributed by atoms with Crippen molar-refractivity contribution in [2.45, 2.75) is 6.54 Å². The number of para-hydroxylation sites is 2. The zero-order valence-electron chi connectivity index (χ0n) is 12.0. The topological polar surface area (TPSA) is 66.0 Å². The molecule has 0 aliphatic heterocycles. The molecule has 0 aliphatic carbocycles. The molecule has 0 fully saturated rings. The summed E-state index contributed by atoms with van der Waals surface area (Å²) >= 11 is 6.34. The van der Waals surface area contributed by atoms with E-state index in [1.807, 2.05) is 48.5 Å². The molecule has 0 amide bonds. The second kappa shape index (κ2) is 6.17. The molecule has 3 rings (SSSR count). The van der Waals surface area contributed by atoms with E-state index in [2.05, 4.69) is 10.3 Å². The number of methoxy groups -OCH3 is 1. The number of nitrogens with zero attached hydrogens (tertiary/aromatic N) is 3. The minimum Gasteiger partial charge on any atom is -0.494 e. The van der Waals surface area contributed by atoms with Crippen molar-refractivity contribution in [3.05, 3.63) is 59.2 Å². The molecular weight excluding hydrogens is 300 g/mol. The summed E-state index contributed by atoms with van der Waals surface area (Å²) in [6, 6.07) is 15.1. The van der Waals surface area contributed by atoms with Gasteiger partial charge >= 0.3 is 0 Å². The average molecular weight is 315 g/mol. The summed E-state index contributed by atoms with van der Waals surface area (Å²) in [5, 5.41) is 9.03. The Balaban J connectivity index is 2.27. The van der Waals surface area contributed by atoms with E-state index in [0.717, 1.165) is 16.9 Å². The molecule has 0 atom stereocenters. The first-order valence-corrected chi connectivity index (χ1v) is 7.17. The fourth-order valence-electron chi connectivity index (χ4n) is 2.35. The third-order valence-corrected chi connectivity index (χ3v) is 3.71. The number of hydrogen-bond acceptors (Lipinski definition) is 4. The van der Waals surface area contributed by atoms with E-state index in [0.29, 0.717) is 16.5 Å². The maximum absolute atomic E-state index is 6.34. The smallest absolute Gasteiger partial charge is 0.144 e. The van der Waals surface area contributed by atoms with Gasteiger partial charge in [-0.15, -0.1) is 5.10 Å². The molecule has 3 aromatic rings. The van der Waals surface area contributed by atoms with Gasteiger partial charge in [-0.2, -0.15) is 0 Å². The maximum atomic E-state index is 6.34. The molecular formula is C16H15ClN4O. The van der Waals surface area contributed by atoms with E-state index in [-0.39, 0.29) is 6.54 Å². The van der Waals surface area contributed by atoms with Crippen LogP contribution in [0.4, 0.5) is 0 Å². The Morgan fingerprint density at radius 2 is 1.86 bits per heavy atom. The Labute approximate surface area is 133 Å². The van der Waals surface area contributed by atoms with Crippen molar-refractivity contribution in [1.82, 2.24) is 15.0 Å². The lowest BCUT2D eigenvalue weighted by atomic mass is 10.1. The molecule has 2 aromatic carbocycles. The second-order valence-electron chi connectivity index (χ2n) is 4.65. The Morgan fingerprint density at radius 3 is 2.59 bits per heavy atom. The minimum absolute atomic E-state index is 0.274. The zero-order valence-corrected chi connectivity index (χ0v) is 12.8. The van der Waals surface area contributed by atoms with Gasteiger partial charge in [0.05, 0.1) is 12.1 Å². The average Bonchev–Trinajstić information content (AvgIpc) is 2.98. The monoisotopic (exact) mass is 314 g/mol. The molecule has 2 N–H and O–H groups in total. The van der Waals surface area contributed by atoms with E-state index in [1.165, 1.54) is 0 Å². The fraction of sp³-hybridized carbons (Fsp3) is 0.125. The third-order valence-electron chi connectivity index (χ3n) is 3.38. The highest BCUT2D eigenvalue weighted by Gasteiger charge is 2.19. The Morgan fingerprint density at radius 1 is 1.14 bits per heavy atom. The van der Waals surface area contributed by atoms with E-state index in [4.69, 9.17) is 22.1 Å². The molecule has 22 heavy (non-hydrogen) atoms. The van der Waals surface area contributed by atoms with Gasteiger partial charge in [0, 0.05) is 12.1 Å². The highest BCUT2D eigenvalue weighted by Crippen LogP contribution is 2.33. The number of benzene rings is 2. The first-order valence-electron chi connectivity index (χ1n) is 6.79. The lowest BCUT2D eigenvalue weighted by molar-refractivity contribution is 0.411. The third kappa shape index (κ3) is 2.45. The predicted octanol–water partition coefficient (Wildman–Crippen LogP) is 3.06. The molecule has 6 heteroatoms. The molecule has 0 saturated carbocycles. The minimum atomic E-state index is 0.274. The molecule has 0 saturated heterocycles. The summed E-state index contributed by atoms with van der Waals surface area (Å²) in [6.45, 7) is 0.274. The summed E-state index contributed by atoms with van der Waals surface area (Å²) in [7, 11) is 1.62. The van der Waals surface area contributed by atoms with Crippen molar-refractivity contribution >= 4 is 11.6 Å². The van der Waals surface area contributed by atoms with Crippen molar-refractivity contribution in [2.75, 3.05) is 7.11 Å². The summed E-state index contributed by atoms with van der Waals surface area (Å²) < 4.78 is 7.12. The molecule has 0 bridgehead atoms. The zero-order chi connectivity index (χ0) is 15.5. The van der Waals surface area contributed by atoms with Crippen LogP contribution in [0.15, 0.2) is 48.5 Å². The SMILES string of the molecule is COc1ccccc1-n1nnc(CN)c1-c1ccccc1Cl. The number of aromatic nitrogens is 3. The number of halogens is 1. The molecule has 5 nitrogen and oxygen atoms in total. The summed E-state index contributed by atoms with van der Waals surface area (Å²) in [5.74, 6) is 0.698. The van der Waals surface area contributed by atoms with Gasteiger partial charge in [0.2, 0.25) is 0 Å². The van der Waals surface area contributed by atoms with Crippen LogP contribution in [-0.4, -0.2) is 22.1 Å². The van der Waals surface area contributed by atoms with Crippen LogP contribution in [0.25, 0.3) is 16.9 Å². The largest absolute Gasteiger partial charge is 0.494 e. The summed E-state index contributed by atoms with van der Waals surface area (Å²) in [6.07, 6.45) is 0. The fourth-order valence-corrected chi connectivity index (χ4v) is 2.57. The number of hydrogen-bond donors (Lipinski definition) is 1. The number of nitrogens with two attached hydrogens (primary N) is 1. The first-order chi connectivity index (χ1) is 10.8. The van der Waals surface area contributed by atoms with Crippen LogP contribution in [0.3, 0.4) is 0 Å². The van der Waals surface area contributed by atoms with Crippen molar-refractivity contribution in [3.63, 3.8) is 0 Å². The first kappa shape index (κ1) is 14.6. The van der Waals surface area contributed by atoms with Crippen LogP contribution >= 0.6 is 11.6 Å². The molecule has 1 heterocycles. The van der Waals surface area contributed by atoms with Gasteiger partial charge in [0.15, 0.2) is 0 Å². The number of ether oxygens (including phenoxy) is 1. The van der Waals surface area contributed by atoms with Crippen molar-refractivity contribution in [3.8, 4) is 22.7 Å². The molecule has 0 aliphatic rings. The van der Waals surface area contributed by atoms with E-state index in [1.54, 1.807) is 11.8 Å². The quantitative estimate of drug-likeness (QED) is 0.803. The lowest BCUT2D eigenvalue weighted by Gasteiger charge is -2.12. The van der Waals surface area contributed by atoms with E-state index in [9.17, 15) is 0 Å². The van der Waals surface area contributed by atoms with Gasteiger partial charge in [-0.1, -0.05) is 47.1 Å². The Kier molecular flexibility index (Phi) is 4.09. The second-order valence-corrected chi connectivity index (χ2v) is 5.06. The Hall–Kier alpha value is -2.37. The molecule has 112 valence electrons. The van der Waals surface area contributed by atoms with Gasteiger partial charge in [-0.25, -0.2) is 4.68 Å². The van der Waals surface area contributed by atoms with Crippen LogP contribution in [0.1, 0.15) is 5.69 Å². The van der Waals surface area contributed by atoms with Crippen LogP contribution in [-0.2, 0) is 6.54 Å². The van der Waals surface area contributed by atoms with Gasteiger partial charge in [-0.3, -0.25) is 0 Å². The molecule has 0 spiro atoms. The standard InChI is InChI=1S/C16H15ClN4O/c1-22-15-9-5-4-8-14(15)21-16(13(10-18)19-20-21)11-6-2-3-7-12(11)17/h2-9H,10,18H2,1H3. The normalized spacial score (nSPS) is 10.7. The summed E-state index contributed by atoms with van der Waals surface area (Å²) in [4.78, 5) is 0. The number of rotatable bonds is 4. The lowest BCUT2D eigenvalue weighted by Crippen LogP contribution is -2.04. The van der Waals surface area contributed by atoms with Crippen molar-refractivity contribution in [2.24, 2.45) is 5.73 Å². The van der Waals surface area contributed by atoms with Gasteiger partial charge in [0.1, 0.15) is 22.8 Å². The summed E-state index contributed by atoms with van der Waals surface area (Å²) in [5.41, 5.74) is 8.88. The molecule has 0 radical (unpaired) electrons. The van der Waals surface area contributed by atoms with Crippen LogP contribution in [0.2, 0.25) is 5.02 Å². The maximum Gasteiger partial charge on any atom is 0.144 e. The van der Waals surface area contributed by atoms with E-state index >= 15 is 0 Å². The van der Waals surface area contributed by atoms with Gasteiger partial charge < -0.3 is 10.5 Å². The van der Waals surface area contributed by atoms with Gasteiger partial charge in [0.25, 0.3) is 0 Å². The van der Waals surface area contributed by atoms with Gasteiger partial charge in [-0.05, 0) is 18.2 Å². The van der Waals surface area contributed by atoms with Crippen LogP contribution in [0.5, 0.6) is 5.75 Å². The predicted molar refractivity (Wildman–Crippen MR) is 86.2 cm³/mol.